The molecule has 0 aliphatic heterocycles. The molecule has 2 aromatic rings. The molecule has 2 amide bonds. The maximum Gasteiger partial charge on any atom is 0.251 e. The third-order valence-corrected chi connectivity index (χ3v) is 3.73. The topological polar surface area (TPSA) is 70.2 Å². The van der Waals surface area contributed by atoms with Crippen LogP contribution in [0.2, 0.25) is 5.02 Å². The minimum atomic E-state index is -0.174. The van der Waals surface area contributed by atoms with E-state index in [4.69, 9.17) is 11.6 Å². The lowest BCUT2D eigenvalue weighted by atomic mass is 10.2. The first kappa shape index (κ1) is 18.8. The Kier molecular flexibility index (Phi) is 6.42. The van der Waals surface area contributed by atoms with Crippen LogP contribution in [0.4, 0.5) is 11.4 Å². The lowest BCUT2D eigenvalue weighted by Gasteiger charge is -2.11. The molecule has 0 spiro atoms. The van der Waals surface area contributed by atoms with E-state index in [0.29, 0.717) is 16.3 Å². The van der Waals surface area contributed by atoms with Crippen LogP contribution in [-0.2, 0) is 4.79 Å². The summed E-state index contributed by atoms with van der Waals surface area (Å²) in [5.74, 6) is -0.289. The molecule has 132 valence electrons. The van der Waals surface area contributed by atoms with E-state index >= 15 is 0 Å². The Bertz CT molecular complexity index is 758. The summed E-state index contributed by atoms with van der Waals surface area (Å²) in [4.78, 5) is 24.0. The summed E-state index contributed by atoms with van der Waals surface area (Å²) in [5.41, 5.74) is 2.98. The van der Waals surface area contributed by atoms with E-state index < -0.39 is 0 Å². The first-order chi connectivity index (χ1) is 11.8. The zero-order valence-corrected chi connectivity index (χ0v) is 15.3. The summed E-state index contributed by atoms with van der Waals surface area (Å²) < 4.78 is 0. The van der Waals surface area contributed by atoms with Gasteiger partial charge in [0.15, 0.2) is 0 Å². The Hall–Kier alpha value is -2.53. The minimum absolute atomic E-state index is 0.0870. The molecule has 0 bridgehead atoms. The van der Waals surface area contributed by atoms with E-state index in [1.54, 1.807) is 36.4 Å². The van der Waals surface area contributed by atoms with Gasteiger partial charge in [-0.3, -0.25) is 9.59 Å². The highest BCUT2D eigenvalue weighted by Crippen LogP contribution is 2.20. The molecule has 0 aliphatic carbocycles. The van der Waals surface area contributed by atoms with E-state index in [9.17, 15) is 9.59 Å². The van der Waals surface area contributed by atoms with Crippen molar-refractivity contribution in [1.82, 2.24) is 5.32 Å². The van der Waals surface area contributed by atoms with Crippen LogP contribution in [0, 0.1) is 6.92 Å². The molecule has 0 aliphatic rings. The molecule has 0 radical (unpaired) electrons. The van der Waals surface area contributed by atoms with Crippen LogP contribution in [0.5, 0.6) is 0 Å². The number of hydrogen-bond acceptors (Lipinski definition) is 3. The van der Waals surface area contributed by atoms with E-state index in [0.717, 1.165) is 11.3 Å². The third kappa shape index (κ3) is 5.80. The highest BCUT2D eigenvalue weighted by molar-refractivity contribution is 6.31. The number of aryl methyl sites for hydroxylation is 1. The molecule has 2 aromatic carbocycles. The van der Waals surface area contributed by atoms with Crippen molar-refractivity contribution in [3.05, 3.63) is 58.6 Å². The largest absolute Gasteiger partial charge is 0.376 e. The Morgan fingerprint density at radius 2 is 1.76 bits per heavy atom. The highest BCUT2D eigenvalue weighted by Gasteiger charge is 2.08. The molecule has 25 heavy (non-hydrogen) atoms. The monoisotopic (exact) mass is 359 g/mol. The summed E-state index contributed by atoms with van der Waals surface area (Å²) in [6, 6.07) is 12.4. The normalized spacial score (nSPS) is 10.4. The molecule has 0 aromatic heterocycles. The Labute approximate surface area is 152 Å². The molecular weight excluding hydrogens is 338 g/mol. The first-order valence-electron chi connectivity index (χ1n) is 8.06. The number of amides is 2. The van der Waals surface area contributed by atoms with Crippen molar-refractivity contribution in [3.8, 4) is 0 Å². The Balaban J connectivity index is 1.89. The van der Waals surface area contributed by atoms with Gasteiger partial charge in [-0.1, -0.05) is 17.7 Å². The summed E-state index contributed by atoms with van der Waals surface area (Å²) in [5, 5.41) is 9.26. The second kappa shape index (κ2) is 8.53. The summed E-state index contributed by atoms with van der Waals surface area (Å²) >= 11 is 5.95. The van der Waals surface area contributed by atoms with Gasteiger partial charge >= 0.3 is 0 Å². The number of carbonyl (C=O) groups excluding carboxylic acids is 2. The lowest BCUT2D eigenvalue weighted by Crippen LogP contribution is -2.30. The second-order valence-corrected chi connectivity index (χ2v) is 6.50. The van der Waals surface area contributed by atoms with Crippen LogP contribution in [0.15, 0.2) is 42.5 Å². The number of nitrogens with one attached hydrogen (secondary N) is 3. The molecule has 3 N–H and O–H groups in total. The van der Waals surface area contributed by atoms with Crippen molar-refractivity contribution in [2.45, 2.75) is 26.8 Å². The van der Waals surface area contributed by atoms with Crippen LogP contribution in [0.1, 0.15) is 29.8 Å². The zero-order chi connectivity index (χ0) is 18.4. The van der Waals surface area contributed by atoms with Gasteiger partial charge in [0.25, 0.3) is 5.91 Å². The van der Waals surface area contributed by atoms with Gasteiger partial charge in [-0.2, -0.15) is 0 Å². The van der Waals surface area contributed by atoms with Crippen LogP contribution in [-0.4, -0.2) is 24.4 Å². The summed E-state index contributed by atoms with van der Waals surface area (Å²) in [7, 11) is 0. The molecule has 0 saturated heterocycles. The standard InChI is InChI=1S/C19H22ClN3O2/c1-12(2)22-19(25)14-5-8-16(9-6-14)21-11-18(24)23-17-10-15(20)7-4-13(17)3/h4-10,12,21H,11H2,1-3H3,(H,22,25)(H,23,24). The maximum atomic E-state index is 12.1. The van der Waals surface area contributed by atoms with E-state index in [1.807, 2.05) is 26.8 Å². The zero-order valence-electron chi connectivity index (χ0n) is 14.5. The minimum Gasteiger partial charge on any atom is -0.376 e. The van der Waals surface area contributed by atoms with Crippen LogP contribution >= 0.6 is 11.6 Å². The van der Waals surface area contributed by atoms with E-state index in [1.165, 1.54) is 0 Å². The van der Waals surface area contributed by atoms with Crippen LogP contribution < -0.4 is 16.0 Å². The van der Waals surface area contributed by atoms with Gasteiger partial charge in [-0.25, -0.2) is 0 Å². The number of halogens is 1. The van der Waals surface area contributed by atoms with Crippen molar-refractivity contribution in [2.24, 2.45) is 0 Å². The molecule has 2 rings (SSSR count). The smallest absolute Gasteiger partial charge is 0.251 e. The van der Waals surface area contributed by atoms with Gasteiger partial charge in [-0.15, -0.1) is 0 Å². The predicted molar refractivity (Wildman–Crippen MR) is 102 cm³/mol. The number of benzene rings is 2. The number of anilines is 2. The fourth-order valence-electron chi connectivity index (χ4n) is 2.19. The first-order valence-corrected chi connectivity index (χ1v) is 8.44. The quantitative estimate of drug-likeness (QED) is 0.734. The van der Waals surface area contributed by atoms with E-state index in [2.05, 4.69) is 16.0 Å². The van der Waals surface area contributed by atoms with Crippen molar-refractivity contribution in [3.63, 3.8) is 0 Å². The van der Waals surface area contributed by atoms with Gasteiger partial charge in [0.05, 0.1) is 6.54 Å². The molecular formula is C19H22ClN3O2. The van der Waals surface area contributed by atoms with Crippen molar-refractivity contribution in [2.75, 3.05) is 17.2 Å². The fraction of sp³-hybridized carbons (Fsp3) is 0.263. The van der Waals surface area contributed by atoms with Gasteiger partial charge < -0.3 is 16.0 Å². The number of hydrogen-bond donors (Lipinski definition) is 3. The van der Waals surface area contributed by atoms with Crippen LogP contribution in [0.25, 0.3) is 0 Å². The average Bonchev–Trinajstić information content (AvgIpc) is 2.56. The highest BCUT2D eigenvalue weighted by atomic mass is 35.5. The summed E-state index contributed by atoms with van der Waals surface area (Å²) in [6.45, 7) is 5.84. The molecule has 0 heterocycles. The van der Waals surface area contributed by atoms with Crippen LogP contribution in [0.3, 0.4) is 0 Å². The van der Waals surface area contributed by atoms with Crippen molar-refractivity contribution in [1.29, 1.82) is 0 Å². The maximum absolute atomic E-state index is 12.1. The van der Waals surface area contributed by atoms with Gasteiger partial charge in [0, 0.05) is 28.0 Å². The molecule has 5 nitrogen and oxygen atoms in total. The Morgan fingerprint density at radius 3 is 2.40 bits per heavy atom. The van der Waals surface area contributed by atoms with E-state index in [-0.39, 0.29) is 24.4 Å². The van der Waals surface area contributed by atoms with Gasteiger partial charge in [0.1, 0.15) is 0 Å². The molecule has 0 saturated carbocycles. The molecule has 0 unspecified atom stereocenters. The number of carbonyl (C=O) groups is 2. The number of rotatable bonds is 6. The second-order valence-electron chi connectivity index (χ2n) is 6.07. The lowest BCUT2D eigenvalue weighted by molar-refractivity contribution is -0.114. The van der Waals surface area contributed by atoms with Gasteiger partial charge in [-0.05, 0) is 62.7 Å². The van der Waals surface area contributed by atoms with Crippen molar-refractivity contribution < 1.29 is 9.59 Å². The average molecular weight is 360 g/mol. The van der Waals surface area contributed by atoms with Crippen molar-refractivity contribution >= 4 is 34.8 Å². The molecule has 0 atom stereocenters. The third-order valence-electron chi connectivity index (χ3n) is 3.49. The SMILES string of the molecule is Cc1ccc(Cl)cc1NC(=O)CNc1ccc(C(=O)NC(C)C)cc1. The fourth-order valence-corrected chi connectivity index (χ4v) is 2.36. The Morgan fingerprint density at radius 1 is 1.08 bits per heavy atom. The predicted octanol–water partition coefficient (Wildman–Crippen LogP) is 3.84. The molecule has 6 heteroatoms. The van der Waals surface area contributed by atoms with Gasteiger partial charge in [0.2, 0.25) is 5.91 Å². The summed E-state index contributed by atoms with van der Waals surface area (Å²) in [6.07, 6.45) is 0. The molecule has 0 fully saturated rings.